The average Bonchev–Trinajstić information content (AvgIpc) is 2.79. The van der Waals surface area contributed by atoms with Crippen LogP contribution in [0.2, 0.25) is 0 Å². The van der Waals surface area contributed by atoms with Crippen molar-refractivity contribution in [2.45, 2.75) is 40.3 Å². The normalized spacial score (nSPS) is 11.5. The second-order valence-electron chi connectivity index (χ2n) is 8.46. The summed E-state index contributed by atoms with van der Waals surface area (Å²) in [5.74, 6) is 2.05. The quantitative estimate of drug-likeness (QED) is 0.402. The number of benzene rings is 2. The van der Waals surface area contributed by atoms with Crippen LogP contribution in [0.4, 0.5) is 5.82 Å². The molecule has 0 amide bonds. The number of hydrogen-bond acceptors (Lipinski definition) is 4. The van der Waals surface area contributed by atoms with E-state index >= 15 is 0 Å². The van der Waals surface area contributed by atoms with Crippen molar-refractivity contribution in [3.8, 4) is 22.8 Å². The Morgan fingerprint density at radius 1 is 0.938 bits per heavy atom. The van der Waals surface area contributed by atoms with Crippen molar-refractivity contribution in [3.05, 3.63) is 72.3 Å². The van der Waals surface area contributed by atoms with Gasteiger partial charge >= 0.3 is 0 Å². The van der Waals surface area contributed by atoms with Crippen LogP contribution in [-0.4, -0.2) is 41.8 Å². The van der Waals surface area contributed by atoms with Crippen molar-refractivity contribution in [1.29, 1.82) is 0 Å². The molecule has 0 saturated carbocycles. The molecule has 0 atom stereocenters. The zero-order chi connectivity index (χ0) is 23.0. The molecule has 1 heterocycles. The van der Waals surface area contributed by atoms with E-state index in [2.05, 4.69) is 49.2 Å². The lowest BCUT2D eigenvalue weighted by Gasteiger charge is -2.37. The zero-order valence-electron chi connectivity index (χ0n) is 19.8. The molecule has 3 aromatic rings. The molecule has 3 rings (SSSR count). The highest BCUT2D eigenvalue weighted by molar-refractivity contribution is 5.69. The SMILES string of the molecule is CC[N+](CC)(CCOc1ccc(-c2cccc(N)n2)c(OC(C)C)c1)Cc1ccccc1. The molecule has 0 spiro atoms. The Morgan fingerprint density at radius 3 is 2.34 bits per heavy atom. The Morgan fingerprint density at radius 2 is 1.69 bits per heavy atom. The molecule has 1 aromatic heterocycles. The third kappa shape index (κ3) is 6.24. The molecule has 0 saturated heterocycles. The lowest BCUT2D eigenvalue weighted by molar-refractivity contribution is -0.937. The van der Waals surface area contributed by atoms with E-state index in [1.807, 2.05) is 44.2 Å². The highest BCUT2D eigenvalue weighted by Crippen LogP contribution is 2.33. The van der Waals surface area contributed by atoms with Crippen molar-refractivity contribution in [2.75, 3.05) is 32.0 Å². The van der Waals surface area contributed by atoms with Crippen LogP contribution < -0.4 is 15.2 Å². The number of aromatic nitrogens is 1. The van der Waals surface area contributed by atoms with Gasteiger partial charge in [-0.2, -0.15) is 0 Å². The first-order chi connectivity index (χ1) is 15.4. The minimum atomic E-state index is 0.0421. The van der Waals surface area contributed by atoms with Gasteiger partial charge in [0.1, 0.15) is 37.0 Å². The van der Waals surface area contributed by atoms with Gasteiger partial charge in [0.25, 0.3) is 0 Å². The maximum absolute atomic E-state index is 6.20. The van der Waals surface area contributed by atoms with Gasteiger partial charge in [0.05, 0.1) is 24.9 Å². The molecule has 0 radical (unpaired) electrons. The molecule has 0 aliphatic heterocycles. The number of rotatable bonds is 11. The molecule has 2 aromatic carbocycles. The summed E-state index contributed by atoms with van der Waals surface area (Å²) < 4.78 is 13.3. The Labute approximate surface area is 192 Å². The molecule has 0 aliphatic carbocycles. The molecule has 5 heteroatoms. The summed E-state index contributed by atoms with van der Waals surface area (Å²) in [6.45, 7) is 13.3. The summed E-state index contributed by atoms with van der Waals surface area (Å²) in [7, 11) is 0. The van der Waals surface area contributed by atoms with Crippen molar-refractivity contribution < 1.29 is 14.0 Å². The Hall–Kier alpha value is -3.05. The van der Waals surface area contributed by atoms with E-state index in [0.717, 1.165) is 53.4 Å². The van der Waals surface area contributed by atoms with E-state index in [1.165, 1.54) is 5.56 Å². The van der Waals surface area contributed by atoms with Crippen LogP contribution >= 0.6 is 0 Å². The number of anilines is 1. The topological polar surface area (TPSA) is 57.4 Å². The van der Waals surface area contributed by atoms with E-state index in [9.17, 15) is 0 Å². The third-order valence-corrected chi connectivity index (χ3v) is 5.90. The number of pyridine rings is 1. The number of nitrogen functional groups attached to an aromatic ring is 1. The van der Waals surface area contributed by atoms with E-state index in [0.29, 0.717) is 12.4 Å². The van der Waals surface area contributed by atoms with Crippen LogP contribution in [0.15, 0.2) is 66.7 Å². The van der Waals surface area contributed by atoms with Gasteiger partial charge in [0.15, 0.2) is 0 Å². The highest BCUT2D eigenvalue weighted by Gasteiger charge is 2.24. The standard InChI is InChI=1S/C27H36N3O2/c1-5-30(6-2,20-22-11-8-7-9-12-22)17-18-31-23-15-16-24(26(19-23)32-21(3)4)25-13-10-14-27(28)29-25/h7-16,19,21H,5-6,17-18,20H2,1-4H3,(H2,28,29)/q+1. The molecule has 0 aliphatic rings. The van der Waals surface area contributed by atoms with Crippen molar-refractivity contribution in [3.63, 3.8) is 0 Å². The number of likely N-dealkylation sites (N-methyl/N-ethyl adjacent to an activating group) is 1. The van der Waals surface area contributed by atoms with Gasteiger partial charge in [0.2, 0.25) is 0 Å². The van der Waals surface area contributed by atoms with Crippen LogP contribution in [0, 0.1) is 0 Å². The largest absolute Gasteiger partial charge is 0.490 e. The van der Waals surface area contributed by atoms with Gasteiger partial charge < -0.3 is 19.7 Å². The van der Waals surface area contributed by atoms with Gasteiger partial charge in [-0.1, -0.05) is 36.4 Å². The summed E-state index contributed by atoms with van der Waals surface area (Å²) in [4.78, 5) is 4.45. The summed E-state index contributed by atoms with van der Waals surface area (Å²) >= 11 is 0. The maximum atomic E-state index is 6.20. The molecular weight excluding hydrogens is 398 g/mol. The number of quaternary nitrogens is 1. The van der Waals surface area contributed by atoms with Gasteiger partial charge in [-0.05, 0) is 52.0 Å². The zero-order valence-corrected chi connectivity index (χ0v) is 19.8. The van der Waals surface area contributed by atoms with Crippen molar-refractivity contribution >= 4 is 5.82 Å². The summed E-state index contributed by atoms with van der Waals surface area (Å²) in [6.07, 6.45) is 0.0421. The summed E-state index contributed by atoms with van der Waals surface area (Å²) in [6, 6.07) is 22.3. The molecule has 5 nitrogen and oxygen atoms in total. The van der Waals surface area contributed by atoms with Gasteiger partial charge in [0, 0.05) is 17.2 Å². The molecule has 170 valence electrons. The fraction of sp³-hybridized carbons (Fsp3) is 0.370. The van der Waals surface area contributed by atoms with Crippen LogP contribution in [0.1, 0.15) is 33.3 Å². The Kier molecular flexibility index (Phi) is 8.12. The third-order valence-electron chi connectivity index (χ3n) is 5.90. The average molecular weight is 435 g/mol. The van der Waals surface area contributed by atoms with E-state index in [4.69, 9.17) is 15.2 Å². The highest BCUT2D eigenvalue weighted by atomic mass is 16.5. The van der Waals surface area contributed by atoms with Crippen LogP contribution in [0.3, 0.4) is 0 Å². The van der Waals surface area contributed by atoms with Gasteiger partial charge in [-0.15, -0.1) is 0 Å². The second kappa shape index (κ2) is 11.0. The fourth-order valence-electron chi connectivity index (χ4n) is 3.93. The van der Waals surface area contributed by atoms with Crippen molar-refractivity contribution in [2.24, 2.45) is 0 Å². The first-order valence-electron chi connectivity index (χ1n) is 11.5. The minimum absolute atomic E-state index is 0.0421. The molecule has 0 unspecified atom stereocenters. The second-order valence-corrected chi connectivity index (χ2v) is 8.46. The predicted octanol–water partition coefficient (Wildman–Crippen LogP) is 5.55. The number of hydrogen-bond donors (Lipinski definition) is 1. The van der Waals surface area contributed by atoms with E-state index in [1.54, 1.807) is 6.07 Å². The molecule has 2 N–H and O–H groups in total. The maximum Gasteiger partial charge on any atom is 0.137 e. The van der Waals surface area contributed by atoms with E-state index < -0.39 is 0 Å². The van der Waals surface area contributed by atoms with Crippen LogP contribution in [0.25, 0.3) is 11.3 Å². The van der Waals surface area contributed by atoms with Crippen LogP contribution in [-0.2, 0) is 6.54 Å². The van der Waals surface area contributed by atoms with Crippen LogP contribution in [0.5, 0.6) is 11.5 Å². The predicted molar refractivity (Wildman–Crippen MR) is 132 cm³/mol. The first kappa shape index (κ1) is 23.6. The molecule has 0 bridgehead atoms. The first-order valence-corrected chi connectivity index (χ1v) is 11.5. The molecule has 0 fully saturated rings. The number of ether oxygens (including phenoxy) is 2. The fourth-order valence-corrected chi connectivity index (χ4v) is 3.93. The van der Waals surface area contributed by atoms with Gasteiger partial charge in [-0.25, -0.2) is 4.98 Å². The van der Waals surface area contributed by atoms with Crippen molar-refractivity contribution in [1.82, 2.24) is 4.98 Å². The lowest BCUT2D eigenvalue weighted by Crippen LogP contribution is -2.49. The molecule has 32 heavy (non-hydrogen) atoms. The number of nitrogens with two attached hydrogens (primary N) is 1. The summed E-state index contributed by atoms with van der Waals surface area (Å²) in [5.41, 5.74) is 8.96. The summed E-state index contributed by atoms with van der Waals surface area (Å²) in [5, 5.41) is 0. The minimum Gasteiger partial charge on any atom is -0.490 e. The monoisotopic (exact) mass is 434 g/mol. The number of nitrogens with zero attached hydrogens (tertiary/aromatic N) is 2. The lowest BCUT2D eigenvalue weighted by atomic mass is 10.1. The Bertz CT molecular complexity index is 985. The van der Waals surface area contributed by atoms with E-state index in [-0.39, 0.29) is 6.10 Å². The molecular formula is C27H36N3O2+. The smallest absolute Gasteiger partial charge is 0.137 e. The Balaban J connectivity index is 1.73. The van der Waals surface area contributed by atoms with Gasteiger partial charge in [-0.3, -0.25) is 0 Å².